The molecule has 84 valence electrons. The first kappa shape index (κ1) is 12.5. The van der Waals surface area contributed by atoms with Gasteiger partial charge in [0.2, 0.25) is 0 Å². The van der Waals surface area contributed by atoms with E-state index >= 15 is 0 Å². The lowest BCUT2D eigenvalue weighted by Gasteiger charge is -2.19. The van der Waals surface area contributed by atoms with Crippen molar-refractivity contribution in [3.05, 3.63) is 29.8 Å². The topological polar surface area (TPSA) is 23.5 Å². The van der Waals surface area contributed by atoms with Crippen LogP contribution in [0, 0.1) is 0 Å². The average Bonchev–Trinajstić information content (AvgIpc) is 2.24. The van der Waals surface area contributed by atoms with E-state index in [1.807, 2.05) is 12.1 Å². The number of benzene rings is 1. The molecule has 1 N–H and O–H groups in total. The zero-order chi connectivity index (χ0) is 11.1. The van der Waals surface area contributed by atoms with Gasteiger partial charge in [-0.15, -0.1) is 0 Å². The van der Waals surface area contributed by atoms with E-state index in [1.54, 1.807) is 6.07 Å². The minimum atomic E-state index is 0.351. The Morgan fingerprint density at radius 1 is 1.40 bits per heavy atom. The van der Waals surface area contributed by atoms with Gasteiger partial charge in [0, 0.05) is 11.9 Å². The maximum Gasteiger partial charge on any atom is 0.115 e. The van der Waals surface area contributed by atoms with Crippen molar-refractivity contribution < 1.29 is 5.11 Å². The molecule has 0 unspecified atom stereocenters. The molecule has 0 bridgehead atoms. The molecule has 15 heavy (non-hydrogen) atoms. The highest BCUT2D eigenvalue weighted by Gasteiger charge is 2.03. The van der Waals surface area contributed by atoms with Crippen molar-refractivity contribution in [1.82, 2.24) is 4.90 Å². The highest BCUT2D eigenvalue weighted by molar-refractivity contribution is 9.09. The van der Waals surface area contributed by atoms with Crippen molar-refractivity contribution in [3.63, 3.8) is 0 Å². The van der Waals surface area contributed by atoms with E-state index < -0.39 is 0 Å². The van der Waals surface area contributed by atoms with Crippen LogP contribution in [0.3, 0.4) is 0 Å². The molecule has 0 radical (unpaired) electrons. The lowest BCUT2D eigenvalue weighted by Crippen LogP contribution is -2.24. The molecular formula is C12H18BrNO. The van der Waals surface area contributed by atoms with Crippen molar-refractivity contribution in [2.45, 2.75) is 19.9 Å². The summed E-state index contributed by atoms with van der Waals surface area (Å²) in [4.78, 5) is 2.37. The van der Waals surface area contributed by atoms with Crippen LogP contribution in [-0.4, -0.2) is 28.4 Å². The maximum absolute atomic E-state index is 9.35. The monoisotopic (exact) mass is 271 g/mol. The van der Waals surface area contributed by atoms with Gasteiger partial charge in [-0.05, 0) is 37.2 Å². The Labute approximate surface area is 100 Å². The fraction of sp³-hybridized carbons (Fsp3) is 0.500. The van der Waals surface area contributed by atoms with Crippen molar-refractivity contribution >= 4 is 15.9 Å². The Morgan fingerprint density at radius 3 is 2.80 bits per heavy atom. The second kappa shape index (κ2) is 6.85. The Hall–Kier alpha value is -0.540. The van der Waals surface area contributed by atoms with E-state index in [0.29, 0.717) is 5.75 Å². The molecule has 2 nitrogen and oxygen atoms in total. The standard InChI is InChI=1S/C12H18BrNO/c1-2-14(8-4-7-13)10-11-5-3-6-12(15)9-11/h3,5-6,9,15H,2,4,7-8,10H2,1H3. The zero-order valence-corrected chi connectivity index (χ0v) is 10.7. The summed E-state index contributed by atoms with van der Waals surface area (Å²) in [5.41, 5.74) is 1.17. The summed E-state index contributed by atoms with van der Waals surface area (Å²) in [7, 11) is 0. The second-order valence-electron chi connectivity index (χ2n) is 3.58. The summed E-state index contributed by atoms with van der Waals surface area (Å²) in [6.07, 6.45) is 1.16. The summed E-state index contributed by atoms with van der Waals surface area (Å²) < 4.78 is 0. The van der Waals surface area contributed by atoms with Crippen LogP contribution >= 0.6 is 15.9 Å². The number of halogens is 1. The van der Waals surface area contributed by atoms with Crippen LogP contribution in [0.4, 0.5) is 0 Å². The molecular weight excluding hydrogens is 254 g/mol. The fourth-order valence-corrected chi connectivity index (χ4v) is 1.80. The Kier molecular flexibility index (Phi) is 5.73. The van der Waals surface area contributed by atoms with Crippen molar-refractivity contribution in [1.29, 1.82) is 0 Å². The van der Waals surface area contributed by atoms with Crippen LogP contribution in [0.5, 0.6) is 5.75 Å². The summed E-state index contributed by atoms with van der Waals surface area (Å²) in [5.74, 6) is 0.351. The van der Waals surface area contributed by atoms with E-state index in [-0.39, 0.29) is 0 Å². The fourth-order valence-electron chi connectivity index (χ4n) is 1.55. The van der Waals surface area contributed by atoms with E-state index in [9.17, 15) is 5.11 Å². The lowest BCUT2D eigenvalue weighted by atomic mass is 10.2. The molecule has 0 aromatic heterocycles. The predicted molar refractivity (Wildman–Crippen MR) is 67.5 cm³/mol. The molecule has 3 heteroatoms. The van der Waals surface area contributed by atoms with E-state index in [0.717, 1.165) is 31.4 Å². The average molecular weight is 272 g/mol. The smallest absolute Gasteiger partial charge is 0.115 e. The molecule has 0 saturated carbocycles. The molecule has 0 heterocycles. The van der Waals surface area contributed by atoms with Gasteiger partial charge in [-0.1, -0.05) is 35.0 Å². The van der Waals surface area contributed by atoms with Gasteiger partial charge >= 0.3 is 0 Å². The molecule has 1 aromatic rings. The van der Waals surface area contributed by atoms with Crippen molar-refractivity contribution in [2.24, 2.45) is 0 Å². The van der Waals surface area contributed by atoms with Gasteiger partial charge in [0.05, 0.1) is 0 Å². The minimum absolute atomic E-state index is 0.351. The van der Waals surface area contributed by atoms with Crippen LogP contribution in [0.1, 0.15) is 18.9 Å². The van der Waals surface area contributed by atoms with Gasteiger partial charge in [-0.2, -0.15) is 0 Å². The molecule has 1 aromatic carbocycles. The van der Waals surface area contributed by atoms with Gasteiger partial charge < -0.3 is 5.11 Å². The number of phenols is 1. The SMILES string of the molecule is CCN(CCCBr)Cc1cccc(O)c1. The lowest BCUT2D eigenvalue weighted by molar-refractivity contribution is 0.281. The first-order chi connectivity index (χ1) is 7.26. The number of rotatable bonds is 6. The number of hydrogen-bond donors (Lipinski definition) is 1. The van der Waals surface area contributed by atoms with Crippen molar-refractivity contribution in [2.75, 3.05) is 18.4 Å². The maximum atomic E-state index is 9.35. The van der Waals surface area contributed by atoms with Gasteiger partial charge in [-0.3, -0.25) is 4.90 Å². The third-order valence-corrected chi connectivity index (χ3v) is 2.93. The predicted octanol–water partition coefficient (Wildman–Crippen LogP) is 3.00. The summed E-state index contributed by atoms with van der Waals surface area (Å²) in [6.45, 7) is 5.22. The molecule has 0 amide bonds. The third-order valence-electron chi connectivity index (χ3n) is 2.37. The number of aromatic hydroxyl groups is 1. The Bertz CT molecular complexity index is 291. The Morgan fingerprint density at radius 2 is 2.20 bits per heavy atom. The van der Waals surface area contributed by atoms with E-state index in [2.05, 4.69) is 33.8 Å². The molecule has 0 aliphatic carbocycles. The molecule has 0 aliphatic rings. The zero-order valence-electron chi connectivity index (χ0n) is 9.12. The van der Waals surface area contributed by atoms with E-state index in [4.69, 9.17) is 0 Å². The number of phenolic OH excluding ortho intramolecular Hbond substituents is 1. The summed E-state index contributed by atoms with van der Waals surface area (Å²) in [6, 6.07) is 7.48. The van der Waals surface area contributed by atoms with E-state index in [1.165, 1.54) is 5.56 Å². The highest BCUT2D eigenvalue weighted by Crippen LogP contribution is 2.13. The van der Waals surface area contributed by atoms with Crippen LogP contribution in [0.2, 0.25) is 0 Å². The van der Waals surface area contributed by atoms with Crippen LogP contribution < -0.4 is 0 Å². The molecule has 0 spiro atoms. The normalized spacial score (nSPS) is 10.9. The van der Waals surface area contributed by atoms with Crippen LogP contribution in [0.15, 0.2) is 24.3 Å². The largest absolute Gasteiger partial charge is 0.508 e. The molecule has 0 atom stereocenters. The third kappa shape index (κ3) is 4.67. The van der Waals surface area contributed by atoms with Gasteiger partial charge in [0.25, 0.3) is 0 Å². The molecule has 0 saturated heterocycles. The first-order valence-electron chi connectivity index (χ1n) is 5.32. The first-order valence-corrected chi connectivity index (χ1v) is 6.44. The number of nitrogens with zero attached hydrogens (tertiary/aromatic N) is 1. The van der Waals surface area contributed by atoms with Crippen molar-refractivity contribution in [3.8, 4) is 5.75 Å². The van der Waals surface area contributed by atoms with Gasteiger partial charge in [0.15, 0.2) is 0 Å². The van der Waals surface area contributed by atoms with Crippen LogP contribution in [-0.2, 0) is 6.54 Å². The quantitative estimate of drug-likeness (QED) is 0.805. The number of alkyl halides is 1. The Balaban J connectivity index is 2.50. The number of hydrogen-bond acceptors (Lipinski definition) is 2. The highest BCUT2D eigenvalue weighted by atomic mass is 79.9. The van der Waals surface area contributed by atoms with Gasteiger partial charge in [-0.25, -0.2) is 0 Å². The minimum Gasteiger partial charge on any atom is -0.508 e. The summed E-state index contributed by atoms with van der Waals surface area (Å²) in [5, 5.41) is 10.4. The summed E-state index contributed by atoms with van der Waals surface area (Å²) >= 11 is 3.44. The molecule has 0 fully saturated rings. The molecule has 0 aliphatic heterocycles. The van der Waals surface area contributed by atoms with Gasteiger partial charge in [0.1, 0.15) is 5.75 Å². The molecule has 1 rings (SSSR count). The second-order valence-corrected chi connectivity index (χ2v) is 4.37. The van der Waals surface area contributed by atoms with Crippen LogP contribution in [0.25, 0.3) is 0 Å².